The monoisotopic (exact) mass is 424 g/mol. The van der Waals surface area contributed by atoms with Gasteiger partial charge in [0.05, 0.1) is 18.2 Å². The Morgan fingerprint density at radius 3 is 2.47 bits per heavy atom. The van der Waals surface area contributed by atoms with E-state index in [1.54, 1.807) is 44.4 Å². The van der Waals surface area contributed by atoms with Crippen molar-refractivity contribution < 1.29 is 17.9 Å². The summed E-state index contributed by atoms with van der Waals surface area (Å²) in [5.41, 5.74) is 3.21. The highest BCUT2D eigenvalue weighted by Crippen LogP contribution is 2.28. The Morgan fingerprint density at radius 1 is 0.967 bits per heavy atom. The number of aryl methyl sites for hydroxylation is 2. The Hall–Kier alpha value is -3.32. The molecule has 6 nitrogen and oxygen atoms in total. The van der Waals surface area contributed by atoms with Gasteiger partial charge in [-0.15, -0.1) is 0 Å². The predicted molar refractivity (Wildman–Crippen MR) is 118 cm³/mol. The van der Waals surface area contributed by atoms with Crippen molar-refractivity contribution in [3.05, 3.63) is 89.0 Å². The van der Waals surface area contributed by atoms with Gasteiger partial charge in [0.15, 0.2) is 11.5 Å². The summed E-state index contributed by atoms with van der Waals surface area (Å²) in [6.45, 7) is 3.98. The highest BCUT2D eigenvalue weighted by Gasteiger charge is 2.15. The van der Waals surface area contributed by atoms with Crippen LogP contribution in [-0.4, -0.2) is 21.7 Å². The van der Waals surface area contributed by atoms with Crippen LogP contribution in [0.4, 0.5) is 0 Å². The van der Waals surface area contributed by atoms with E-state index in [-0.39, 0.29) is 4.90 Å². The van der Waals surface area contributed by atoms with E-state index in [2.05, 4.69) is 9.93 Å². The van der Waals surface area contributed by atoms with Crippen LogP contribution >= 0.6 is 0 Å². The Bertz CT molecular complexity index is 1140. The summed E-state index contributed by atoms with van der Waals surface area (Å²) in [5, 5.41) is 3.92. The smallest absolute Gasteiger partial charge is 0.276 e. The lowest BCUT2D eigenvalue weighted by molar-refractivity contribution is 0.284. The van der Waals surface area contributed by atoms with Crippen molar-refractivity contribution in [2.24, 2.45) is 5.10 Å². The van der Waals surface area contributed by atoms with Crippen molar-refractivity contribution >= 4 is 16.2 Å². The number of nitrogens with one attached hydrogen (secondary N) is 1. The van der Waals surface area contributed by atoms with E-state index in [0.717, 1.165) is 11.1 Å². The van der Waals surface area contributed by atoms with E-state index >= 15 is 0 Å². The third-order valence-corrected chi connectivity index (χ3v) is 5.81. The zero-order valence-corrected chi connectivity index (χ0v) is 17.9. The topological polar surface area (TPSA) is 77.0 Å². The summed E-state index contributed by atoms with van der Waals surface area (Å²) in [6.07, 6.45) is 1.43. The van der Waals surface area contributed by atoms with Crippen LogP contribution in [0.5, 0.6) is 11.5 Å². The Kier molecular flexibility index (Phi) is 6.74. The van der Waals surface area contributed by atoms with Gasteiger partial charge in [0.2, 0.25) is 0 Å². The highest BCUT2D eigenvalue weighted by molar-refractivity contribution is 7.89. The van der Waals surface area contributed by atoms with Crippen molar-refractivity contribution in [2.45, 2.75) is 25.3 Å². The fourth-order valence-corrected chi connectivity index (χ4v) is 3.96. The van der Waals surface area contributed by atoms with E-state index in [1.165, 1.54) is 6.21 Å². The summed E-state index contributed by atoms with van der Waals surface area (Å²) in [4.78, 5) is 2.48. The first-order chi connectivity index (χ1) is 14.4. The normalized spacial score (nSPS) is 11.4. The zero-order valence-electron chi connectivity index (χ0n) is 17.1. The summed E-state index contributed by atoms with van der Waals surface area (Å²) in [6, 6.07) is 20.3. The first-order valence-corrected chi connectivity index (χ1v) is 10.8. The molecule has 0 aliphatic heterocycles. The number of rotatable bonds is 8. The average Bonchev–Trinajstić information content (AvgIpc) is 2.74. The van der Waals surface area contributed by atoms with Crippen LogP contribution in [0, 0.1) is 13.8 Å². The first-order valence-electron chi connectivity index (χ1n) is 9.36. The molecule has 156 valence electrons. The fourth-order valence-electron chi connectivity index (χ4n) is 2.84. The Morgan fingerprint density at radius 2 is 1.73 bits per heavy atom. The number of methoxy groups -OCH3 is 1. The maximum absolute atomic E-state index is 12.6. The summed E-state index contributed by atoms with van der Waals surface area (Å²) in [5.74, 6) is 1.13. The summed E-state index contributed by atoms with van der Waals surface area (Å²) in [7, 11) is -2.19. The van der Waals surface area contributed by atoms with Crippen molar-refractivity contribution in [2.75, 3.05) is 7.11 Å². The van der Waals surface area contributed by atoms with Gasteiger partial charge in [-0.2, -0.15) is 13.5 Å². The van der Waals surface area contributed by atoms with Crippen LogP contribution in [0.15, 0.2) is 76.7 Å². The molecule has 0 saturated heterocycles. The average molecular weight is 425 g/mol. The van der Waals surface area contributed by atoms with E-state index in [4.69, 9.17) is 9.47 Å². The largest absolute Gasteiger partial charge is 0.493 e. The molecule has 3 aromatic rings. The molecule has 3 aromatic carbocycles. The molecule has 0 saturated carbocycles. The number of sulfonamides is 1. The Balaban J connectivity index is 1.74. The molecule has 0 radical (unpaired) electrons. The van der Waals surface area contributed by atoms with E-state index in [1.807, 2.05) is 43.3 Å². The molecule has 0 atom stereocenters. The van der Waals surface area contributed by atoms with Gasteiger partial charge in [-0.3, -0.25) is 0 Å². The molecule has 7 heteroatoms. The second-order valence-corrected chi connectivity index (χ2v) is 8.44. The van der Waals surface area contributed by atoms with Gasteiger partial charge in [0.25, 0.3) is 10.0 Å². The van der Waals surface area contributed by atoms with Crippen LogP contribution in [0.3, 0.4) is 0 Å². The molecule has 0 unspecified atom stereocenters. The predicted octanol–water partition coefficient (Wildman–Crippen LogP) is 4.20. The summed E-state index contributed by atoms with van der Waals surface area (Å²) >= 11 is 0. The fraction of sp³-hybridized carbons (Fsp3) is 0.174. The molecule has 0 aliphatic rings. The minimum atomic E-state index is -3.76. The first kappa shape index (κ1) is 21.4. The van der Waals surface area contributed by atoms with Gasteiger partial charge >= 0.3 is 0 Å². The SMILES string of the molecule is COc1ccc(C=NNS(=O)(=O)c2cc(C)ccc2C)cc1OCc1ccccc1. The molecule has 30 heavy (non-hydrogen) atoms. The van der Waals surface area contributed by atoms with E-state index in [9.17, 15) is 8.42 Å². The standard InChI is InChI=1S/C23H24N2O4S/c1-17-9-10-18(2)23(13-17)30(26,27)25-24-15-20-11-12-21(28-3)22(14-20)29-16-19-7-5-4-6-8-19/h4-15,25H,16H2,1-3H3. The van der Waals surface area contributed by atoms with E-state index in [0.29, 0.717) is 29.2 Å². The molecule has 0 amide bonds. The lowest BCUT2D eigenvalue weighted by Crippen LogP contribution is -2.19. The van der Waals surface area contributed by atoms with Gasteiger partial charge in [-0.05, 0) is 60.4 Å². The van der Waals surface area contributed by atoms with Crippen LogP contribution in [0.2, 0.25) is 0 Å². The second kappa shape index (κ2) is 9.45. The third-order valence-electron chi connectivity index (χ3n) is 4.44. The van der Waals surface area contributed by atoms with Crippen molar-refractivity contribution in [1.82, 2.24) is 4.83 Å². The summed E-state index contributed by atoms with van der Waals surface area (Å²) < 4.78 is 36.3. The maximum atomic E-state index is 12.6. The maximum Gasteiger partial charge on any atom is 0.276 e. The minimum Gasteiger partial charge on any atom is -0.493 e. The minimum absolute atomic E-state index is 0.210. The third kappa shape index (κ3) is 5.39. The number of ether oxygens (including phenoxy) is 2. The highest BCUT2D eigenvalue weighted by atomic mass is 32.2. The van der Waals surface area contributed by atoms with Gasteiger partial charge in [-0.25, -0.2) is 4.83 Å². The number of hydrazone groups is 1. The van der Waals surface area contributed by atoms with Gasteiger partial charge in [0.1, 0.15) is 6.61 Å². The molecule has 0 aromatic heterocycles. The molecule has 0 aliphatic carbocycles. The number of benzene rings is 3. The number of hydrogen-bond acceptors (Lipinski definition) is 5. The van der Waals surface area contributed by atoms with Crippen molar-refractivity contribution in [1.29, 1.82) is 0 Å². The van der Waals surface area contributed by atoms with Gasteiger partial charge in [0, 0.05) is 0 Å². The van der Waals surface area contributed by atoms with Crippen LogP contribution in [-0.2, 0) is 16.6 Å². The van der Waals surface area contributed by atoms with Gasteiger partial charge < -0.3 is 9.47 Å². The quantitative estimate of drug-likeness (QED) is 0.434. The molecule has 0 fully saturated rings. The molecule has 1 N–H and O–H groups in total. The van der Waals surface area contributed by atoms with Gasteiger partial charge in [-0.1, -0.05) is 42.5 Å². The van der Waals surface area contributed by atoms with Crippen LogP contribution in [0.25, 0.3) is 0 Å². The molecule has 3 rings (SSSR count). The van der Waals surface area contributed by atoms with Crippen LogP contribution < -0.4 is 14.3 Å². The molecule has 0 heterocycles. The van der Waals surface area contributed by atoms with Crippen molar-refractivity contribution in [3.63, 3.8) is 0 Å². The zero-order chi connectivity index (χ0) is 21.6. The van der Waals surface area contributed by atoms with Crippen molar-refractivity contribution in [3.8, 4) is 11.5 Å². The number of nitrogens with zero attached hydrogens (tertiary/aromatic N) is 1. The number of hydrogen-bond donors (Lipinski definition) is 1. The molecular weight excluding hydrogens is 400 g/mol. The van der Waals surface area contributed by atoms with E-state index < -0.39 is 10.0 Å². The lowest BCUT2D eigenvalue weighted by Gasteiger charge is -2.11. The second-order valence-electron chi connectivity index (χ2n) is 6.81. The lowest BCUT2D eigenvalue weighted by atomic mass is 10.2. The molecule has 0 bridgehead atoms. The molecule has 0 spiro atoms. The Labute approximate surface area is 177 Å². The molecular formula is C23H24N2O4S. The van der Waals surface area contributed by atoms with Crippen LogP contribution in [0.1, 0.15) is 22.3 Å².